The van der Waals surface area contributed by atoms with Crippen LogP contribution >= 0.6 is 0 Å². The molecule has 0 aliphatic rings. The number of carbonyl (C=O) groups excluding carboxylic acids is 2. The smallest absolute Gasteiger partial charge is 0.408 e. The molecule has 2 rings (SSSR count). The SMILES string of the molecule is CC(C)NC(=O)[C@H](NC(=O)OCc1ccccc1)c1cccc([N+](=O)[O-])c1. The van der Waals surface area contributed by atoms with E-state index in [4.69, 9.17) is 4.74 Å². The second kappa shape index (κ2) is 9.33. The molecule has 0 radical (unpaired) electrons. The van der Waals surface area contributed by atoms with Crippen molar-refractivity contribution in [3.8, 4) is 0 Å². The average molecular weight is 371 g/mol. The Bertz CT molecular complexity index is 808. The van der Waals surface area contributed by atoms with Gasteiger partial charge in [0.15, 0.2) is 0 Å². The van der Waals surface area contributed by atoms with Crippen LogP contribution in [-0.4, -0.2) is 23.0 Å². The topological polar surface area (TPSA) is 111 Å². The van der Waals surface area contributed by atoms with Crippen molar-refractivity contribution in [3.63, 3.8) is 0 Å². The van der Waals surface area contributed by atoms with Gasteiger partial charge in [0, 0.05) is 18.2 Å². The summed E-state index contributed by atoms with van der Waals surface area (Å²) in [5.74, 6) is -0.484. The van der Waals surface area contributed by atoms with E-state index in [0.717, 1.165) is 5.56 Å². The molecule has 0 aliphatic heterocycles. The summed E-state index contributed by atoms with van der Waals surface area (Å²) in [4.78, 5) is 35.1. The molecule has 0 saturated carbocycles. The molecule has 0 aromatic heterocycles. The lowest BCUT2D eigenvalue weighted by Crippen LogP contribution is -2.42. The highest BCUT2D eigenvalue weighted by molar-refractivity contribution is 5.87. The summed E-state index contributed by atoms with van der Waals surface area (Å²) in [6, 6.07) is 13.4. The fraction of sp³-hybridized carbons (Fsp3) is 0.263. The van der Waals surface area contributed by atoms with E-state index in [9.17, 15) is 19.7 Å². The first kappa shape index (κ1) is 19.9. The van der Waals surface area contributed by atoms with Crippen LogP contribution in [0.15, 0.2) is 54.6 Å². The Kier molecular flexibility index (Phi) is 6.87. The predicted molar refractivity (Wildman–Crippen MR) is 98.9 cm³/mol. The molecule has 8 heteroatoms. The van der Waals surface area contributed by atoms with Crippen LogP contribution in [0.3, 0.4) is 0 Å². The van der Waals surface area contributed by atoms with Gasteiger partial charge in [-0.25, -0.2) is 4.79 Å². The zero-order chi connectivity index (χ0) is 19.8. The van der Waals surface area contributed by atoms with Gasteiger partial charge in [-0.15, -0.1) is 0 Å². The lowest BCUT2D eigenvalue weighted by atomic mass is 10.1. The number of carbonyl (C=O) groups is 2. The summed E-state index contributed by atoms with van der Waals surface area (Å²) in [6.45, 7) is 3.59. The van der Waals surface area contributed by atoms with Crippen molar-refractivity contribution in [3.05, 3.63) is 75.8 Å². The minimum absolute atomic E-state index is 0.0418. The first-order valence-electron chi connectivity index (χ1n) is 8.38. The molecule has 27 heavy (non-hydrogen) atoms. The van der Waals surface area contributed by atoms with Crippen molar-refractivity contribution >= 4 is 17.7 Å². The van der Waals surface area contributed by atoms with Gasteiger partial charge in [0.25, 0.3) is 5.69 Å². The summed E-state index contributed by atoms with van der Waals surface area (Å²) in [7, 11) is 0. The fourth-order valence-corrected chi connectivity index (χ4v) is 2.37. The van der Waals surface area contributed by atoms with Crippen molar-refractivity contribution in [2.24, 2.45) is 0 Å². The Morgan fingerprint density at radius 2 is 1.78 bits per heavy atom. The molecule has 2 amide bonds. The molecule has 0 unspecified atom stereocenters. The lowest BCUT2D eigenvalue weighted by Gasteiger charge is -2.20. The molecular formula is C19H21N3O5. The summed E-state index contributed by atoms with van der Waals surface area (Å²) in [5, 5.41) is 16.2. The zero-order valence-electron chi connectivity index (χ0n) is 15.0. The minimum Gasteiger partial charge on any atom is -0.445 e. The van der Waals surface area contributed by atoms with Gasteiger partial charge in [-0.3, -0.25) is 14.9 Å². The molecule has 0 aliphatic carbocycles. The quantitative estimate of drug-likeness (QED) is 0.574. The molecule has 1 atom stereocenters. The van der Waals surface area contributed by atoms with E-state index in [0.29, 0.717) is 5.56 Å². The van der Waals surface area contributed by atoms with Gasteiger partial charge < -0.3 is 15.4 Å². The minimum atomic E-state index is -1.12. The van der Waals surface area contributed by atoms with E-state index in [1.54, 1.807) is 26.0 Å². The molecule has 0 bridgehead atoms. The Morgan fingerprint density at radius 1 is 1.07 bits per heavy atom. The van der Waals surface area contributed by atoms with Crippen LogP contribution in [0.25, 0.3) is 0 Å². The van der Waals surface area contributed by atoms with E-state index >= 15 is 0 Å². The fourth-order valence-electron chi connectivity index (χ4n) is 2.37. The van der Waals surface area contributed by atoms with Gasteiger partial charge in [0.05, 0.1) is 4.92 Å². The standard InChI is InChI=1S/C19H21N3O5/c1-13(2)20-18(23)17(15-9-6-10-16(11-15)22(25)26)21-19(24)27-12-14-7-4-3-5-8-14/h3-11,13,17H,12H2,1-2H3,(H,20,23)(H,21,24)/t17-/m1/s1. The van der Waals surface area contributed by atoms with Crippen LogP contribution in [0, 0.1) is 10.1 Å². The Labute approximate surface area is 156 Å². The number of non-ortho nitro benzene ring substituents is 1. The molecule has 0 saturated heterocycles. The molecule has 2 aromatic rings. The van der Waals surface area contributed by atoms with Crippen LogP contribution in [0.5, 0.6) is 0 Å². The first-order valence-corrected chi connectivity index (χ1v) is 8.38. The van der Waals surface area contributed by atoms with Crippen LogP contribution in [0.1, 0.15) is 31.0 Å². The van der Waals surface area contributed by atoms with Crippen LogP contribution in [0.4, 0.5) is 10.5 Å². The third-order valence-electron chi connectivity index (χ3n) is 3.58. The molecule has 0 spiro atoms. The van der Waals surface area contributed by atoms with Gasteiger partial charge in [-0.1, -0.05) is 42.5 Å². The Hall–Kier alpha value is -3.42. The number of rotatable bonds is 7. The maximum absolute atomic E-state index is 12.5. The number of benzene rings is 2. The molecular weight excluding hydrogens is 350 g/mol. The second-order valence-electron chi connectivity index (χ2n) is 6.15. The predicted octanol–water partition coefficient (Wildman–Crippen LogP) is 3.09. The van der Waals surface area contributed by atoms with Gasteiger partial charge in [0.1, 0.15) is 12.6 Å². The monoisotopic (exact) mass is 371 g/mol. The zero-order valence-corrected chi connectivity index (χ0v) is 15.0. The number of amides is 2. The third kappa shape index (κ3) is 6.10. The normalized spacial score (nSPS) is 11.5. The number of nitro groups is 1. The van der Waals surface area contributed by atoms with E-state index < -0.39 is 23.0 Å². The second-order valence-corrected chi connectivity index (χ2v) is 6.15. The molecule has 142 valence electrons. The lowest BCUT2D eigenvalue weighted by molar-refractivity contribution is -0.384. The number of hydrogen-bond acceptors (Lipinski definition) is 5. The summed E-state index contributed by atoms with van der Waals surface area (Å²) < 4.78 is 5.15. The van der Waals surface area contributed by atoms with E-state index in [2.05, 4.69) is 10.6 Å². The van der Waals surface area contributed by atoms with E-state index in [1.165, 1.54) is 24.3 Å². The highest BCUT2D eigenvalue weighted by atomic mass is 16.6. The van der Waals surface area contributed by atoms with Crippen molar-refractivity contribution in [1.82, 2.24) is 10.6 Å². The van der Waals surface area contributed by atoms with Gasteiger partial charge in [-0.2, -0.15) is 0 Å². The van der Waals surface area contributed by atoms with Crippen molar-refractivity contribution in [2.75, 3.05) is 0 Å². The van der Waals surface area contributed by atoms with Gasteiger partial charge in [0.2, 0.25) is 5.91 Å². The van der Waals surface area contributed by atoms with Crippen molar-refractivity contribution in [1.29, 1.82) is 0 Å². The van der Waals surface area contributed by atoms with E-state index in [1.807, 2.05) is 18.2 Å². The molecule has 2 aromatic carbocycles. The average Bonchev–Trinajstić information content (AvgIpc) is 2.64. The van der Waals surface area contributed by atoms with E-state index in [-0.39, 0.29) is 18.3 Å². The van der Waals surface area contributed by atoms with Crippen LogP contribution in [0.2, 0.25) is 0 Å². The Balaban J connectivity index is 2.14. The number of alkyl carbamates (subject to hydrolysis) is 1. The maximum atomic E-state index is 12.5. The summed E-state index contributed by atoms with van der Waals surface area (Å²) >= 11 is 0. The third-order valence-corrected chi connectivity index (χ3v) is 3.58. The molecule has 8 nitrogen and oxygen atoms in total. The highest BCUT2D eigenvalue weighted by Crippen LogP contribution is 2.20. The van der Waals surface area contributed by atoms with Gasteiger partial charge in [-0.05, 0) is 25.0 Å². The maximum Gasteiger partial charge on any atom is 0.408 e. The summed E-state index contributed by atoms with van der Waals surface area (Å²) in [5.41, 5.74) is 0.916. The van der Waals surface area contributed by atoms with Crippen LogP contribution in [-0.2, 0) is 16.1 Å². The Morgan fingerprint density at radius 3 is 2.41 bits per heavy atom. The van der Waals surface area contributed by atoms with Crippen molar-refractivity contribution in [2.45, 2.75) is 32.5 Å². The number of ether oxygens (including phenoxy) is 1. The van der Waals surface area contributed by atoms with Crippen LogP contribution < -0.4 is 10.6 Å². The number of hydrogen-bond donors (Lipinski definition) is 2. The van der Waals surface area contributed by atoms with Crippen molar-refractivity contribution < 1.29 is 19.2 Å². The van der Waals surface area contributed by atoms with Gasteiger partial charge >= 0.3 is 6.09 Å². The molecule has 2 N–H and O–H groups in total. The first-order chi connectivity index (χ1) is 12.9. The largest absolute Gasteiger partial charge is 0.445 e. The molecule has 0 fully saturated rings. The summed E-state index contributed by atoms with van der Waals surface area (Å²) in [6.07, 6.45) is -0.797. The highest BCUT2D eigenvalue weighted by Gasteiger charge is 2.25. The number of nitro benzene ring substituents is 1. The number of nitrogens with zero attached hydrogens (tertiary/aromatic N) is 1. The molecule has 0 heterocycles. The number of nitrogens with one attached hydrogen (secondary N) is 2.